The van der Waals surface area contributed by atoms with Gasteiger partial charge in [0.2, 0.25) is 0 Å². The van der Waals surface area contributed by atoms with Gasteiger partial charge in [-0.1, -0.05) is 11.6 Å². The molecule has 0 aliphatic heterocycles. The van der Waals surface area contributed by atoms with Gasteiger partial charge < -0.3 is 5.32 Å². The fourth-order valence-electron chi connectivity index (χ4n) is 1.62. The van der Waals surface area contributed by atoms with E-state index in [0.29, 0.717) is 17.6 Å². The summed E-state index contributed by atoms with van der Waals surface area (Å²) in [6, 6.07) is 6.06. The summed E-state index contributed by atoms with van der Waals surface area (Å²) in [7, 11) is 0. The van der Waals surface area contributed by atoms with Crippen molar-refractivity contribution in [2.24, 2.45) is 0 Å². The van der Waals surface area contributed by atoms with Crippen LogP contribution < -0.4 is 5.32 Å². The minimum atomic E-state index is 0.304. The topological polar surface area (TPSA) is 42.7 Å². The molecule has 1 heterocycles. The molecule has 96 valence electrons. The highest BCUT2D eigenvalue weighted by Crippen LogP contribution is 2.25. The molecule has 0 saturated heterocycles. The minimum absolute atomic E-state index is 0.304. The monoisotopic (exact) mass is 328 g/mol. The second kappa shape index (κ2) is 5.71. The van der Waals surface area contributed by atoms with Gasteiger partial charge in [-0.3, -0.25) is 0 Å². The number of benzene rings is 1. The van der Waals surface area contributed by atoms with E-state index in [0.717, 1.165) is 16.0 Å². The molecule has 2 rings (SSSR count). The van der Waals surface area contributed by atoms with Crippen LogP contribution in [0.3, 0.4) is 0 Å². The highest BCUT2D eigenvalue weighted by Gasteiger charge is 2.07. The Morgan fingerprint density at radius 2 is 2.22 bits per heavy atom. The van der Waals surface area contributed by atoms with Crippen LogP contribution in [0, 0.1) is 0 Å². The third-order valence-corrected chi connectivity index (χ3v) is 3.74. The molecular formula is C12H14BrClN4. The predicted octanol–water partition coefficient (Wildman–Crippen LogP) is 3.89. The first kappa shape index (κ1) is 13.4. The third-order valence-electron chi connectivity index (χ3n) is 2.51. The van der Waals surface area contributed by atoms with Crippen molar-refractivity contribution < 1.29 is 0 Å². The number of hydrogen-bond acceptors (Lipinski definition) is 3. The second-order valence-corrected chi connectivity index (χ2v) is 5.46. The number of hydrogen-bond donors (Lipinski definition) is 1. The number of anilines is 1. The molecule has 0 unspecified atom stereocenters. The average molecular weight is 330 g/mol. The lowest BCUT2D eigenvalue weighted by Gasteiger charge is -2.11. The van der Waals surface area contributed by atoms with Gasteiger partial charge in [0.15, 0.2) is 0 Å². The summed E-state index contributed by atoms with van der Waals surface area (Å²) >= 11 is 9.40. The Bertz CT molecular complexity index is 539. The quantitative estimate of drug-likeness (QED) is 0.925. The van der Waals surface area contributed by atoms with Crippen LogP contribution in [-0.4, -0.2) is 14.8 Å². The first-order chi connectivity index (χ1) is 8.58. The van der Waals surface area contributed by atoms with Crippen LogP contribution in [0.1, 0.15) is 25.7 Å². The predicted molar refractivity (Wildman–Crippen MR) is 76.9 cm³/mol. The molecule has 0 amide bonds. The van der Waals surface area contributed by atoms with Crippen molar-refractivity contribution in [3.05, 3.63) is 39.8 Å². The van der Waals surface area contributed by atoms with E-state index in [1.807, 2.05) is 22.9 Å². The summed E-state index contributed by atoms with van der Waals surface area (Å²) in [6.07, 6.45) is 1.57. The van der Waals surface area contributed by atoms with Gasteiger partial charge in [0, 0.05) is 16.2 Å². The van der Waals surface area contributed by atoms with Crippen LogP contribution in [0.2, 0.25) is 5.02 Å². The van der Waals surface area contributed by atoms with Crippen molar-refractivity contribution in [3.8, 4) is 0 Å². The Hall–Kier alpha value is -1.07. The van der Waals surface area contributed by atoms with E-state index in [1.165, 1.54) is 0 Å². The van der Waals surface area contributed by atoms with Crippen LogP contribution in [-0.2, 0) is 6.54 Å². The Morgan fingerprint density at radius 1 is 1.44 bits per heavy atom. The van der Waals surface area contributed by atoms with E-state index >= 15 is 0 Å². The molecule has 0 fully saturated rings. The Balaban J connectivity index is 2.07. The van der Waals surface area contributed by atoms with E-state index in [-0.39, 0.29) is 0 Å². The maximum atomic E-state index is 6.04. The lowest BCUT2D eigenvalue weighted by molar-refractivity contribution is 0.509. The second-order valence-electron chi connectivity index (χ2n) is 4.20. The molecule has 1 aromatic carbocycles. The average Bonchev–Trinajstić information content (AvgIpc) is 2.79. The number of aromatic nitrogens is 3. The number of rotatable bonds is 4. The van der Waals surface area contributed by atoms with Crippen molar-refractivity contribution >= 4 is 33.2 Å². The fraction of sp³-hybridized carbons (Fsp3) is 0.333. The Labute approximate surface area is 119 Å². The Kier molecular flexibility index (Phi) is 4.24. The number of nitrogens with zero attached hydrogens (tertiary/aromatic N) is 3. The third kappa shape index (κ3) is 3.03. The van der Waals surface area contributed by atoms with Crippen molar-refractivity contribution in [3.63, 3.8) is 0 Å². The van der Waals surface area contributed by atoms with Crippen LogP contribution in [0.4, 0.5) is 5.69 Å². The molecule has 18 heavy (non-hydrogen) atoms. The molecule has 0 aliphatic carbocycles. The van der Waals surface area contributed by atoms with Gasteiger partial charge in [-0.15, -0.1) is 0 Å². The molecule has 0 saturated carbocycles. The van der Waals surface area contributed by atoms with Crippen molar-refractivity contribution in [1.29, 1.82) is 0 Å². The highest BCUT2D eigenvalue weighted by atomic mass is 79.9. The largest absolute Gasteiger partial charge is 0.378 e. The van der Waals surface area contributed by atoms with Gasteiger partial charge in [-0.05, 0) is 48.0 Å². The fourth-order valence-corrected chi connectivity index (χ4v) is 2.05. The molecule has 6 heteroatoms. The van der Waals surface area contributed by atoms with Crippen molar-refractivity contribution in [2.75, 3.05) is 5.32 Å². The minimum Gasteiger partial charge on any atom is -0.378 e. The summed E-state index contributed by atoms with van der Waals surface area (Å²) in [6.45, 7) is 4.78. The molecule has 2 aromatic rings. The van der Waals surface area contributed by atoms with Gasteiger partial charge in [-0.25, -0.2) is 9.67 Å². The van der Waals surface area contributed by atoms with Crippen LogP contribution >= 0.6 is 27.5 Å². The lowest BCUT2D eigenvalue weighted by Crippen LogP contribution is -2.11. The zero-order valence-electron chi connectivity index (χ0n) is 10.2. The summed E-state index contributed by atoms with van der Waals surface area (Å²) in [4.78, 5) is 4.24. The van der Waals surface area contributed by atoms with E-state index in [2.05, 4.69) is 45.2 Å². The van der Waals surface area contributed by atoms with E-state index in [9.17, 15) is 0 Å². The van der Waals surface area contributed by atoms with E-state index in [4.69, 9.17) is 11.6 Å². The zero-order valence-corrected chi connectivity index (χ0v) is 12.5. The molecule has 4 nitrogen and oxygen atoms in total. The maximum Gasteiger partial charge on any atom is 0.146 e. The molecule has 0 atom stereocenters. The molecule has 0 spiro atoms. The van der Waals surface area contributed by atoms with Crippen LogP contribution in [0.25, 0.3) is 0 Å². The standard InChI is InChI=1S/C12H14BrClN4/c1-8(2)18-12(16-7-17-18)6-15-9-3-4-10(13)11(14)5-9/h3-5,7-8,15H,6H2,1-2H3. The highest BCUT2D eigenvalue weighted by molar-refractivity contribution is 9.10. The normalized spacial score (nSPS) is 10.9. The van der Waals surface area contributed by atoms with Gasteiger partial charge >= 0.3 is 0 Å². The summed E-state index contributed by atoms with van der Waals surface area (Å²) in [5, 5.41) is 8.16. The summed E-state index contributed by atoms with van der Waals surface area (Å²) in [5.41, 5.74) is 0.960. The van der Waals surface area contributed by atoms with Gasteiger partial charge in [0.05, 0.1) is 11.6 Å². The number of nitrogens with one attached hydrogen (secondary N) is 1. The molecule has 0 aliphatic rings. The van der Waals surface area contributed by atoms with Gasteiger partial charge in [0.1, 0.15) is 12.2 Å². The molecule has 1 N–H and O–H groups in total. The molecule has 1 aromatic heterocycles. The van der Waals surface area contributed by atoms with Crippen LogP contribution in [0.15, 0.2) is 29.0 Å². The smallest absolute Gasteiger partial charge is 0.146 e. The molecule has 0 bridgehead atoms. The van der Waals surface area contributed by atoms with E-state index < -0.39 is 0 Å². The maximum absolute atomic E-state index is 6.04. The van der Waals surface area contributed by atoms with Gasteiger partial charge in [-0.2, -0.15) is 5.10 Å². The van der Waals surface area contributed by atoms with Crippen LogP contribution in [0.5, 0.6) is 0 Å². The zero-order chi connectivity index (χ0) is 13.1. The van der Waals surface area contributed by atoms with Gasteiger partial charge in [0.25, 0.3) is 0 Å². The van der Waals surface area contributed by atoms with E-state index in [1.54, 1.807) is 6.33 Å². The first-order valence-corrected chi connectivity index (χ1v) is 6.82. The molecular weight excluding hydrogens is 316 g/mol. The molecule has 0 radical (unpaired) electrons. The number of halogens is 2. The van der Waals surface area contributed by atoms with Crippen molar-refractivity contribution in [1.82, 2.24) is 14.8 Å². The first-order valence-electron chi connectivity index (χ1n) is 5.65. The lowest BCUT2D eigenvalue weighted by atomic mass is 10.3. The van der Waals surface area contributed by atoms with Crippen molar-refractivity contribution in [2.45, 2.75) is 26.4 Å². The SMILES string of the molecule is CC(C)n1ncnc1CNc1ccc(Br)c(Cl)c1. The summed E-state index contributed by atoms with van der Waals surface area (Å²) in [5.74, 6) is 0.907. The Morgan fingerprint density at radius 3 is 2.89 bits per heavy atom. The summed E-state index contributed by atoms with van der Waals surface area (Å²) < 4.78 is 2.79.